The van der Waals surface area contributed by atoms with Crippen molar-refractivity contribution < 1.29 is 43.4 Å². The van der Waals surface area contributed by atoms with Gasteiger partial charge in [-0.1, -0.05) is 28.9 Å². The lowest BCUT2D eigenvalue weighted by molar-refractivity contribution is -0.0292. The highest BCUT2D eigenvalue weighted by atomic mass is 35.5. The fraction of sp³-hybridized carbons (Fsp3) is 0.500. The predicted molar refractivity (Wildman–Crippen MR) is 126 cm³/mol. The van der Waals surface area contributed by atoms with Crippen LogP contribution in [0.5, 0.6) is 0 Å². The third-order valence-electron chi connectivity index (χ3n) is 6.61. The number of fused-ring (bicyclic) bond motifs is 1. The van der Waals surface area contributed by atoms with Gasteiger partial charge in [-0.2, -0.15) is 0 Å². The molecule has 0 radical (unpaired) electrons. The molecule has 5 N–H and O–H groups in total. The van der Waals surface area contributed by atoms with Crippen LogP contribution in [-0.2, 0) is 32.1 Å². The van der Waals surface area contributed by atoms with Crippen molar-refractivity contribution in [1.82, 2.24) is 9.13 Å². The van der Waals surface area contributed by atoms with E-state index in [0.29, 0.717) is 5.02 Å². The minimum absolute atomic E-state index is 0.148. The van der Waals surface area contributed by atoms with Gasteiger partial charge in [0, 0.05) is 29.7 Å². The van der Waals surface area contributed by atoms with Crippen LogP contribution in [-0.4, -0.2) is 58.7 Å². The smallest absolute Gasteiger partial charge is 0.340 e. The van der Waals surface area contributed by atoms with Crippen molar-refractivity contribution in [1.29, 1.82) is 0 Å². The molecule has 1 heterocycles. The Hall–Kier alpha value is -1.79. The van der Waals surface area contributed by atoms with E-state index in [1.54, 1.807) is 24.3 Å². The molecule has 2 saturated carbocycles. The summed E-state index contributed by atoms with van der Waals surface area (Å²) in [5.41, 5.74) is -0.634. The van der Waals surface area contributed by atoms with E-state index in [9.17, 15) is 29.0 Å². The molecule has 0 amide bonds. The summed E-state index contributed by atoms with van der Waals surface area (Å²) in [5.74, 6) is -1.83. The molecule has 1 aromatic carbocycles. The number of aliphatic hydroxyl groups is 2. The van der Waals surface area contributed by atoms with Crippen LogP contribution in [0.4, 0.5) is 0 Å². The molecule has 0 spiro atoms. The molecule has 2 aromatic rings. The summed E-state index contributed by atoms with van der Waals surface area (Å²) >= 11 is 5.85. The number of benzene rings is 1. The Labute approximate surface area is 209 Å². The first-order valence-electron chi connectivity index (χ1n) is 10.8. The van der Waals surface area contributed by atoms with E-state index >= 15 is 0 Å². The van der Waals surface area contributed by atoms with E-state index in [-0.39, 0.29) is 18.5 Å². The molecule has 6 atom stereocenters. The Balaban J connectivity index is 1.49. The summed E-state index contributed by atoms with van der Waals surface area (Å²) in [6.45, 7) is -0.359. The van der Waals surface area contributed by atoms with Crippen LogP contribution in [0.3, 0.4) is 0 Å². The number of aromatic nitrogens is 2. The molecular weight excluding hydrogens is 540 g/mol. The number of hydrogen-bond donors (Lipinski definition) is 5. The highest BCUT2D eigenvalue weighted by Gasteiger charge is 2.72. The third kappa shape index (κ3) is 5.55. The minimum Gasteiger partial charge on any atom is -0.390 e. The summed E-state index contributed by atoms with van der Waals surface area (Å²) in [7, 11) is -7.99. The molecule has 4 rings (SSSR count). The Kier molecular flexibility index (Phi) is 7.44. The van der Waals surface area contributed by atoms with Crippen molar-refractivity contribution in [2.75, 3.05) is 12.5 Å². The van der Waals surface area contributed by atoms with E-state index in [0.717, 1.165) is 5.56 Å². The summed E-state index contributed by atoms with van der Waals surface area (Å²) in [6.07, 6.45) is -1.08. The Bertz CT molecular complexity index is 1360. The van der Waals surface area contributed by atoms with Gasteiger partial charge in [-0.3, -0.25) is 18.3 Å². The fourth-order valence-electron chi connectivity index (χ4n) is 4.69. The van der Waals surface area contributed by atoms with E-state index in [2.05, 4.69) is 5.16 Å². The molecule has 2 fully saturated rings. The Morgan fingerprint density at radius 1 is 1.17 bits per heavy atom. The lowest BCUT2D eigenvalue weighted by Gasteiger charge is -2.25. The van der Waals surface area contributed by atoms with E-state index < -0.39 is 63.0 Å². The SMILES string of the molecule is Cn1c(=NOCc2ccc(Cl)cc2)ccn([C@H]2[C@H](O)[C@H](O)[C@]3(COP(=O)(O)CP(=O)(O)O)C[C@H]23)c1=O. The number of halogens is 1. The molecule has 0 saturated heterocycles. The van der Waals surface area contributed by atoms with E-state index in [4.69, 9.17) is 30.7 Å². The lowest BCUT2D eigenvalue weighted by atomic mass is 10.0. The average molecular weight is 566 g/mol. The molecule has 0 aliphatic heterocycles. The second kappa shape index (κ2) is 9.83. The number of rotatable bonds is 9. The van der Waals surface area contributed by atoms with Crippen molar-refractivity contribution in [2.45, 2.75) is 31.3 Å². The number of aliphatic hydroxyl groups excluding tert-OH is 2. The lowest BCUT2D eigenvalue weighted by Crippen LogP contribution is -2.43. The molecule has 13 nitrogen and oxygen atoms in total. The van der Waals surface area contributed by atoms with E-state index in [1.807, 2.05) is 0 Å². The molecule has 36 heavy (non-hydrogen) atoms. The van der Waals surface area contributed by atoms with Crippen molar-refractivity contribution in [3.05, 3.63) is 63.1 Å². The molecule has 2 aliphatic carbocycles. The maximum atomic E-state index is 13.0. The van der Waals surface area contributed by atoms with Gasteiger partial charge in [0.1, 0.15) is 12.7 Å². The van der Waals surface area contributed by atoms with Crippen LogP contribution in [0.1, 0.15) is 18.0 Å². The van der Waals surface area contributed by atoms with Crippen molar-refractivity contribution in [2.24, 2.45) is 23.5 Å². The monoisotopic (exact) mass is 565 g/mol. The molecule has 0 bridgehead atoms. The molecule has 198 valence electrons. The summed E-state index contributed by atoms with van der Waals surface area (Å²) < 4.78 is 30.5. The van der Waals surface area contributed by atoms with Gasteiger partial charge in [0.05, 0.1) is 18.8 Å². The first-order chi connectivity index (χ1) is 16.7. The van der Waals surface area contributed by atoms with Gasteiger partial charge >= 0.3 is 20.9 Å². The van der Waals surface area contributed by atoms with Gasteiger partial charge < -0.3 is 34.3 Å². The molecule has 2 aliphatic rings. The number of nitrogens with zero attached hydrogens (tertiary/aromatic N) is 3. The van der Waals surface area contributed by atoms with Crippen molar-refractivity contribution >= 4 is 26.8 Å². The van der Waals surface area contributed by atoms with Gasteiger partial charge in [-0.05, 0) is 30.0 Å². The van der Waals surface area contributed by atoms with Gasteiger partial charge in [-0.15, -0.1) is 0 Å². The second-order valence-corrected chi connectivity index (χ2v) is 13.5. The van der Waals surface area contributed by atoms with Crippen LogP contribution in [0, 0.1) is 11.3 Å². The third-order valence-corrected chi connectivity index (χ3v) is 10.3. The quantitative estimate of drug-likeness (QED) is 0.211. The maximum absolute atomic E-state index is 13.0. The van der Waals surface area contributed by atoms with Crippen LogP contribution in [0.2, 0.25) is 5.02 Å². The average Bonchev–Trinajstić information content (AvgIpc) is 3.46. The molecular formula is C20H26ClN3O10P2. The van der Waals surface area contributed by atoms with Crippen molar-refractivity contribution in [3.8, 4) is 0 Å². The van der Waals surface area contributed by atoms with Gasteiger partial charge in [0.2, 0.25) is 0 Å². The fourth-order valence-corrected chi connectivity index (χ4v) is 7.44. The first-order valence-corrected chi connectivity index (χ1v) is 14.7. The molecule has 16 heteroatoms. The highest BCUT2D eigenvalue weighted by Crippen LogP contribution is 2.69. The largest absolute Gasteiger partial charge is 0.390 e. The summed E-state index contributed by atoms with van der Waals surface area (Å²) in [6, 6.07) is 7.62. The second-order valence-electron chi connectivity index (χ2n) is 9.10. The minimum atomic E-state index is -4.81. The Morgan fingerprint density at radius 3 is 2.47 bits per heavy atom. The zero-order valence-electron chi connectivity index (χ0n) is 19.0. The van der Waals surface area contributed by atoms with Gasteiger partial charge in [0.15, 0.2) is 11.4 Å². The van der Waals surface area contributed by atoms with E-state index in [1.165, 1.54) is 28.4 Å². The zero-order chi connectivity index (χ0) is 26.5. The van der Waals surface area contributed by atoms with Gasteiger partial charge in [-0.25, -0.2) is 4.79 Å². The predicted octanol–water partition coefficient (Wildman–Crippen LogP) is 0.493. The Morgan fingerprint density at radius 2 is 1.83 bits per heavy atom. The van der Waals surface area contributed by atoms with Gasteiger partial charge in [0.25, 0.3) is 0 Å². The molecule has 1 aromatic heterocycles. The summed E-state index contributed by atoms with van der Waals surface area (Å²) in [4.78, 5) is 46.0. The zero-order valence-corrected chi connectivity index (χ0v) is 21.5. The first kappa shape index (κ1) is 27.3. The van der Waals surface area contributed by atoms with Crippen molar-refractivity contribution in [3.63, 3.8) is 0 Å². The van der Waals surface area contributed by atoms with Crippen LogP contribution >= 0.6 is 26.8 Å². The maximum Gasteiger partial charge on any atom is 0.340 e. The van der Waals surface area contributed by atoms with Crippen LogP contribution in [0.25, 0.3) is 0 Å². The van der Waals surface area contributed by atoms with Crippen LogP contribution < -0.4 is 11.2 Å². The summed E-state index contributed by atoms with van der Waals surface area (Å²) in [5, 5.41) is 25.9. The molecule has 1 unspecified atom stereocenters. The topological polar surface area (TPSA) is 193 Å². The highest BCUT2D eigenvalue weighted by molar-refractivity contribution is 7.70. The normalized spacial score (nSPS) is 29.6. The number of hydrogen-bond acceptors (Lipinski definition) is 8. The van der Waals surface area contributed by atoms with Crippen LogP contribution in [0.15, 0.2) is 46.5 Å². The standard InChI is InChI=1S/C20H26ClN3O10P2/c1-23-15(22-33-9-12-2-4-13(21)5-3-12)6-7-24(19(23)27)16-14-8-20(14,18(26)17(16)25)10-34-36(31,32)11-35(28,29)30/h2-7,14,16-18,25-26H,8-11H2,1H3,(H,31,32)(H2,28,29,30)/t14-,16-,17+,18+,20+/m1/s1.